The molecule has 0 radical (unpaired) electrons. The van der Waals surface area contributed by atoms with Crippen molar-refractivity contribution >= 4 is 50.1 Å². The first kappa shape index (κ1) is 24.8. The first-order valence-corrected chi connectivity index (χ1v) is 14.7. The predicted molar refractivity (Wildman–Crippen MR) is 153 cm³/mol. The summed E-state index contributed by atoms with van der Waals surface area (Å²) in [5, 5.41) is 1.53. The van der Waals surface area contributed by atoms with Crippen molar-refractivity contribution in [3.8, 4) is 5.75 Å². The lowest BCUT2D eigenvalue weighted by atomic mass is 9.49. The van der Waals surface area contributed by atoms with Crippen LogP contribution in [-0.2, 0) is 4.79 Å². The van der Waals surface area contributed by atoms with Crippen molar-refractivity contribution in [3.63, 3.8) is 0 Å². The molecule has 8 rings (SSSR count). The van der Waals surface area contributed by atoms with E-state index in [2.05, 4.69) is 15.9 Å². The van der Waals surface area contributed by atoms with Gasteiger partial charge in [0.05, 0.1) is 18.2 Å². The molecule has 3 aromatic rings. The monoisotopic (exact) mass is 586 g/mol. The van der Waals surface area contributed by atoms with Crippen LogP contribution in [0.4, 0.5) is 5.69 Å². The van der Waals surface area contributed by atoms with Crippen LogP contribution in [-0.4, -0.2) is 42.8 Å². The molecule has 0 spiro atoms. The molecule has 4 saturated carbocycles. The summed E-state index contributed by atoms with van der Waals surface area (Å²) in [5.41, 5.74) is 1.36. The SMILES string of the molecule is COc1ccccc1N(CCN1C(=O)c2cccc3c(Br)ccc(c23)C1=O)C(=O)C12CC3CC(CC(C3)C1)C2. The second-order valence-corrected chi connectivity index (χ2v) is 12.8. The lowest BCUT2D eigenvalue weighted by Gasteiger charge is -2.56. The van der Waals surface area contributed by atoms with Gasteiger partial charge in [0.15, 0.2) is 0 Å². The van der Waals surface area contributed by atoms with Gasteiger partial charge in [-0.15, -0.1) is 0 Å². The summed E-state index contributed by atoms with van der Waals surface area (Å²) in [4.78, 5) is 45.0. The second-order valence-electron chi connectivity index (χ2n) is 11.9. The number of carbonyl (C=O) groups excluding carboxylic acids is 3. The van der Waals surface area contributed by atoms with Crippen LogP contribution in [0.5, 0.6) is 5.75 Å². The maximum absolute atomic E-state index is 14.6. The maximum Gasteiger partial charge on any atom is 0.261 e. The average Bonchev–Trinajstić information content (AvgIpc) is 2.93. The third-order valence-electron chi connectivity index (χ3n) is 9.60. The summed E-state index contributed by atoms with van der Waals surface area (Å²) < 4.78 is 6.53. The van der Waals surface area contributed by atoms with Gasteiger partial charge in [0.25, 0.3) is 11.8 Å². The standard InChI is InChI=1S/C32H31BrN2O4/c1-39-27-8-3-2-7-26(27)34(31(38)32-16-19-13-20(17-32)15-21(14-19)18-32)11-12-35-29(36)23-6-4-5-22-25(33)10-9-24(28(22)23)30(35)37/h2-10,19-21H,11-18H2,1H3. The molecule has 4 aliphatic carbocycles. The topological polar surface area (TPSA) is 66.9 Å². The molecule has 0 atom stereocenters. The fraction of sp³-hybridized carbons (Fsp3) is 0.406. The van der Waals surface area contributed by atoms with E-state index in [4.69, 9.17) is 4.74 Å². The lowest BCUT2D eigenvalue weighted by molar-refractivity contribution is -0.143. The van der Waals surface area contributed by atoms with Crippen LogP contribution < -0.4 is 9.64 Å². The molecule has 39 heavy (non-hydrogen) atoms. The minimum atomic E-state index is -0.365. The van der Waals surface area contributed by atoms with Crippen molar-refractivity contribution in [3.05, 3.63) is 70.2 Å². The molecule has 1 heterocycles. The minimum absolute atomic E-state index is 0.111. The summed E-state index contributed by atoms with van der Waals surface area (Å²) in [6, 6.07) is 16.7. The largest absolute Gasteiger partial charge is 0.495 e. The number of imide groups is 1. The number of amides is 3. The van der Waals surface area contributed by atoms with E-state index in [-0.39, 0.29) is 36.2 Å². The molecular formula is C32H31BrN2O4. The van der Waals surface area contributed by atoms with Crippen LogP contribution in [0.15, 0.2) is 59.1 Å². The second kappa shape index (κ2) is 9.19. The number of nitrogens with zero attached hydrogens (tertiary/aromatic N) is 2. The van der Waals surface area contributed by atoms with Gasteiger partial charge in [-0.2, -0.15) is 0 Å². The Kier molecular flexibility index (Phi) is 5.85. The Labute approximate surface area is 236 Å². The number of hydrogen-bond acceptors (Lipinski definition) is 4. The van der Waals surface area contributed by atoms with Gasteiger partial charge in [0, 0.05) is 34.1 Å². The van der Waals surface area contributed by atoms with E-state index in [1.165, 1.54) is 24.2 Å². The van der Waals surface area contributed by atoms with Gasteiger partial charge < -0.3 is 9.64 Å². The number of rotatable bonds is 6. The third-order valence-corrected chi connectivity index (χ3v) is 10.3. The summed E-state index contributed by atoms with van der Waals surface area (Å²) >= 11 is 3.55. The molecule has 0 aromatic heterocycles. The van der Waals surface area contributed by atoms with Gasteiger partial charge in [-0.25, -0.2) is 0 Å². The molecule has 200 valence electrons. The fourth-order valence-electron chi connectivity index (χ4n) is 8.36. The molecule has 7 heteroatoms. The third kappa shape index (κ3) is 3.84. The van der Waals surface area contributed by atoms with Crippen LogP contribution in [0.1, 0.15) is 59.2 Å². The van der Waals surface area contributed by atoms with Gasteiger partial charge in [0.1, 0.15) is 5.75 Å². The molecule has 3 amide bonds. The van der Waals surface area contributed by atoms with Gasteiger partial charge in [-0.05, 0) is 92.0 Å². The van der Waals surface area contributed by atoms with Gasteiger partial charge >= 0.3 is 0 Å². The number of anilines is 1. The highest BCUT2D eigenvalue weighted by atomic mass is 79.9. The molecule has 6 nitrogen and oxygen atoms in total. The van der Waals surface area contributed by atoms with Crippen molar-refractivity contribution in [2.75, 3.05) is 25.1 Å². The summed E-state index contributed by atoms with van der Waals surface area (Å²) in [7, 11) is 1.61. The minimum Gasteiger partial charge on any atom is -0.495 e. The first-order valence-electron chi connectivity index (χ1n) is 13.9. The first-order chi connectivity index (χ1) is 18.9. The Balaban J connectivity index is 1.23. The van der Waals surface area contributed by atoms with Crippen LogP contribution in [0.25, 0.3) is 10.8 Å². The molecule has 5 aliphatic rings. The normalized spacial score (nSPS) is 26.8. The zero-order valence-corrected chi connectivity index (χ0v) is 23.6. The van der Waals surface area contributed by atoms with Crippen LogP contribution in [0.2, 0.25) is 0 Å². The van der Waals surface area contributed by atoms with Gasteiger partial charge in [0.2, 0.25) is 5.91 Å². The highest BCUT2D eigenvalue weighted by Gasteiger charge is 2.56. The maximum atomic E-state index is 14.6. The van der Waals surface area contributed by atoms with Crippen molar-refractivity contribution < 1.29 is 19.1 Å². The summed E-state index contributed by atoms with van der Waals surface area (Å²) in [6.07, 6.45) is 6.57. The molecule has 0 saturated heterocycles. The van der Waals surface area contributed by atoms with E-state index in [9.17, 15) is 14.4 Å². The number of benzene rings is 3. The Morgan fingerprint density at radius 1 is 0.923 bits per heavy atom. The van der Waals surface area contributed by atoms with Gasteiger partial charge in [-0.1, -0.05) is 40.2 Å². The smallest absolute Gasteiger partial charge is 0.261 e. The molecule has 0 unspecified atom stereocenters. The van der Waals surface area contributed by atoms with Crippen molar-refractivity contribution in [1.82, 2.24) is 4.90 Å². The highest BCUT2D eigenvalue weighted by Crippen LogP contribution is 2.61. The fourth-order valence-corrected chi connectivity index (χ4v) is 8.82. The Morgan fingerprint density at radius 2 is 1.56 bits per heavy atom. The summed E-state index contributed by atoms with van der Waals surface area (Å²) in [5.74, 6) is 1.97. The Hall–Kier alpha value is -3.19. The number of para-hydroxylation sites is 2. The van der Waals surface area contributed by atoms with E-state index < -0.39 is 0 Å². The zero-order valence-electron chi connectivity index (χ0n) is 22.0. The van der Waals surface area contributed by atoms with E-state index in [0.29, 0.717) is 45.7 Å². The number of hydrogen-bond donors (Lipinski definition) is 0. The molecule has 3 aromatic carbocycles. The number of ether oxygens (including phenoxy) is 1. The van der Waals surface area contributed by atoms with Gasteiger partial charge in [-0.3, -0.25) is 19.3 Å². The molecule has 4 fully saturated rings. The van der Waals surface area contributed by atoms with Crippen molar-refractivity contribution in [1.29, 1.82) is 0 Å². The Morgan fingerprint density at radius 3 is 2.23 bits per heavy atom. The van der Waals surface area contributed by atoms with E-state index >= 15 is 0 Å². The van der Waals surface area contributed by atoms with E-state index in [0.717, 1.165) is 29.1 Å². The summed E-state index contributed by atoms with van der Waals surface area (Å²) in [6.45, 7) is 0.333. The molecule has 0 N–H and O–H groups in total. The van der Waals surface area contributed by atoms with Crippen LogP contribution >= 0.6 is 15.9 Å². The number of methoxy groups -OCH3 is 1. The van der Waals surface area contributed by atoms with Crippen molar-refractivity contribution in [2.24, 2.45) is 23.2 Å². The molecule has 1 aliphatic heterocycles. The quantitative estimate of drug-likeness (QED) is 0.311. The number of halogens is 1. The van der Waals surface area contributed by atoms with E-state index in [1.54, 1.807) is 19.2 Å². The van der Waals surface area contributed by atoms with Crippen LogP contribution in [0.3, 0.4) is 0 Å². The number of carbonyl (C=O) groups is 3. The molecule has 4 bridgehead atoms. The zero-order chi connectivity index (χ0) is 26.9. The lowest BCUT2D eigenvalue weighted by Crippen LogP contribution is -2.56. The highest BCUT2D eigenvalue weighted by molar-refractivity contribution is 9.10. The Bertz CT molecular complexity index is 1470. The van der Waals surface area contributed by atoms with Crippen molar-refractivity contribution in [2.45, 2.75) is 38.5 Å². The molecular weight excluding hydrogens is 556 g/mol. The van der Waals surface area contributed by atoms with E-state index in [1.807, 2.05) is 47.4 Å². The average molecular weight is 588 g/mol. The predicted octanol–water partition coefficient (Wildman–Crippen LogP) is 6.46. The van der Waals surface area contributed by atoms with Crippen LogP contribution in [0, 0.1) is 23.2 Å².